The van der Waals surface area contributed by atoms with Gasteiger partial charge in [-0.15, -0.1) is 6.58 Å². The van der Waals surface area contributed by atoms with Crippen molar-refractivity contribution in [3.05, 3.63) is 48.3 Å². The fourth-order valence-electron chi connectivity index (χ4n) is 1.99. The highest BCUT2D eigenvalue weighted by Crippen LogP contribution is 2.29. The van der Waals surface area contributed by atoms with E-state index in [2.05, 4.69) is 18.4 Å². The highest BCUT2D eigenvalue weighted by atomic mass is 19.1. The Hall–Kier alpha value is -1.19. The van der Waals surface area contributed by atoms with E-state index in [-0.39, 0.29) is 11.9 Å². The van der Waals surface area contributed by atoms with E-state index in [1.165, 1.54) is 12.1 Å². The van der Waals surface area contributed by atoms with Crippen LogP contribution in [0.3, 0.4) is 0 Å². The maximum Gasteiger partial charge on any atom is 0.123 e. The molecule has 2 unspecified atom stereocenters. The molecule has 94 valence electrons. The van der Waals surface area contributed by atoms with Crippen LogP contribution in [0.4, 0.5) is 4.39 Å². The van der Waals surface area contributed by atoms with Crippen molar-refractivity contribution < 1.29 is 4.39 Å². The minimum absolute atomic E-state index is 0.131. The Balaban J connectivity index is 3.14. The average molecular weight is 236 g/mol. The van der Waals surface area contributed by atoms with E-state index in [9.17, 15) is 4.39 Å². The number of halogens is 1. The lowest BCUT2D eigenvalue weighted by Crippen LogP contribution is -2.52. The second-order valence-electron chi connectivity index (χ2n) is 4.68. The zero-order chi connectivity index (χ0) is 13.1. The quantitative estimate of drug-likeness (QED) is 0.796. The van der Waals surface area contributed by atoms with Crippen LogP contribution in [-0.2, 0) is 5.54 Å². The number of rotatable bonds is 5. The molecule has 1 rings (SSSR count). The van der Waals surface area contributed by atoms with Gasteiger partial charge in [0.2, 0.25) is 0 Å². The summed E-state index contributed by atoms with van der Waals surface area (Å²) in [5, 5.41) is 0. The van der Waals surface area contributed by atoms with Crippen LogP contribution in [-0.4, -0.2) is 25.0 Å². The number of hydrogen-bond acceptors (Lipinski definition) is 2. The summed E-state index contributed by atoms with van der Waals surface area (Å²) in [7, 11) is 3.97. The maximum atomic E-state index is 12.9. The van der Waals surface area contributed by atoms with E-state index in [1.807, 2.05) is 20.2 Å². The topological polar surface area (TPSA) is 29.3 Å². The number of likely N-dealkylation sites (N-methyl/N-ethyl adjacent to an activating group) is 1. The van der Waals surface area contributed by atoms with Crippen LogP contribution in [0.5, 0.6) is 0 Å². The first-order valence-electron chi connectivity index (χ1n) is 5.74. The minimum atomic E-state index is -0.543. The van der Waals surface area contributed by atoms with E-state index in [0.717, 1.165) is 5.56 Å². The van der Waals surface area contributed by atoms with Gasteiger partial charge in [-0.25, -0.2) is 4.39 Å². The standard InChI is InChI=1S/C14H21FN2/c1-5-10-14(16,11(2)17(3)4)12-6-8-13(15)9-7-12/h5-9,11H,1,10,16H2,2-4H3. The van der Waals surface area contributed by atoms with Gasteiger partial charge in [-0.05, 0) is 45.1 Å². The normalized spacial score (nSPS) is 16.6. The summed E-state index contributed by atoms with van der Waals surface area (Å²) < 4.78 is 12.9. The summed E-state index contributed by atoms with van der Waals surface area (Å²) in [6.07, 6.45) is 2.46. The van der Waals surface area contributed by atoms with Crippen molar-refractivity contribution in [1.82, 2.24) is 4.90 Å². The van der Waals surface area contributed by atoms with Crippen molar-refractivity contribution in [2.45, 2.75) is 24.9 Å². The van der Waals surface area contributed by atoms with Crippen LogP contribution in [0.15, 0.2) is 36.9 Å². The van der Waals surface area contributed by atoms with Crippen molar-refractivity contribution in [3.63, 3.8) is 0 Å². The van der Waals surface area contributed by atoms with Crippen molar-refractivity contribution in [2.75, 3.05) is 14.1 Å². The van der Waals surface area contributed by atoms with Crippen LogP contribution >= 0.6 is 0 Å². The molecule has 0 fully saturated rings. The molecule has 0 amide bonds. The molecular formula is C14H21FN2. The highest BCUT2D eigenvalue weighted by Gasteiger charge is 2.33. The van der Waals surface area contributed by atoms with E-state index in [1.54, 1.807) is 12.1 Å². The summed E-state index contributed by atoms with van der Waals surface area (Å²) in [5.74, 6) is -0.243. The predicted octanol–water partition coefficient (Wildman–Crippen LogP) is 2.51. The third-order valence-corrected chi connectivity index (χ3v) is 3.38. The Kier molecular flexibility index (Phi) is 4.43. The first-order valence-corrected chi connectivity index (χ1v) is 5.74. The van der Waals surface area contributed by atoms with Gasteiger partial charge in [-0.1, -0.05) is 18.2 Å². The van der Waals surface area contributed by atoms with Crippen LogP contribution in [0.1, 0.15) is 18.9 Å². The molecule has 0 aliphatic rings. The number of benzene rings is 1. The average Bonchev–Trinajstić information content (AvgIpc) is 2.28. The Morgan fingerprint density at radius 1 is 1.41 bits per heavy atom. The molecule has 0 aliphatic heterocycles. The van der Waals surface area contributed by atoms with Crippen molar-refractivity contribution >= 4 is 0 Å². The zero-order valence-electron chi connectivity index (χ0n) is 10.8. The molecule has 0 saturated heterocycles. The van der Waals surface area contributed by atoms with Gasteiger partial charge in [-0.2, -0.15) is 0 Å². The fraction of sp³-hybridized carbons (Fsp3) is 0.429. The second kappa shape index (κ2) is 5.43. The van der Waals surface area contributed by atoms with Crippen molar-refractivity contribution in [1.29, 1.82) is 0 Å². The Morgan fingerprint density at radius 2 is 1.94 bits per heavy atom. The van der Waals surface area contributed by atoms with Crippen LogP contribution < -0.4 is 5.73 Å². The van der Waals surface area contributed by atoms with Gasteiger partial charge in [0.1, 0.15) is 5.82 Å². The highest BCUT2D eigenvalue weighted by molar-refractivity contribution is 5.27. The molecular weight excluding hydrogens is 215 g/mol. The monoisotopic (exact) mass is 236 g/mol. The summed E-state index contributed by atoms with van der Waals surface area (Å²) >= 11 is 0. The lowest BCUT2D eigenvalue weighted by atomic mass is 9.81. The van der Waals surface area contributed by atoms with Crippen molar-refractivity contribution in [3.8, 4) is 0 Å². The first kappa shape index (κ1) is 13.9. The Bertz CT molecular complexity index is 372. The van der Waals surface area contributed by atoms with E-state index in [0.29, 0.717) is 6.42 Å². The molecule has 0 heterocycles. The summed E-state index contributed by atoms with van der Waals surface area (Å²) in [6.45, 7) is 5.82. The molecule has 0 spiro atoms. The van der Waals surface area contributed by atoms with Gasteiger partial charge < -0.3 is 10.6 Å². The SMILES string of the molecule is C=CCC(N)(c1ccc(F)cc1)C(C)N(C)C. The van der Waals surface area contributed by atoms with E-state index in [4.69, 9.17) is 5.73 Å². The van der Waals surface area contributed by atoms with Crippen molar-refractivity contribution in [2.24, 2.45) is 5.73 Å². The van der Waals surface area contributed by atoms with Crippen LogP contribution in [0.2, 0.25) is 0 Å². The van der Waals surface area contributed by atoms with Crippen LogP contribution in [0, 0.1) is 5.82 Å². The maximum absolute atomic E-state index is 12.9. The molecule has 0 aliphatic carbocycles. The van der Waals surface area contributed by atoms with Gasteiger partial charge in [0.05, 0.1) is 5.54 Å². The molecule has 1 aromatic rings. The first-order chi connectivity index (χ1) is 7.91. The fourth-order valence-corrected chi connectivity index (χ4v) is 1.99. The van der Waals surface area contributed by atoms with E-state index < -0.39 is 5.54 Å². The second-order valence-corrected chi connectivity index (χ2v) is 4.68. The molecule has 0 bridgehead atoms. The largest absolute Gasteiger partial charge is 0.320 e. The van der Waals surface area contributed by atoms with Gasteiger partial charge in [0, 0.05) is 6.04 Å². The van der Waals surface area contributed by atoms with Crippen LogP contribution in [0.25, 0.3) is 0 Å². The third-order valence-electron chi connectivity index (χ3n) is 3.38. The lowest BCUT2D eigenvalue weighted by Gasteiger charge is -2.39. The lowest BCUT2D eigenvalue weighted by molar-refractivity contribution is 0.193. The number of nitrogens with two attached hydrogens (primary N) is 1. The molecule has 0 aromatic heterocycles. The molecule has 1 aromatic carbocycles. The third kappa shape index (κ3) is 2.93. The van der Waals surface area contributed by atoms with Gasteiger partial charge in [0.15, 0.2) is 0 Å². The molecule has 3 heteroatoms. The minimum Gasteiger partial charge on any atom is -0.320 e. The summed E-state index contributed by atoms with van der Waals surface area (Å²) in [6, 6.07) is 6.52. The smallest absolute Gasteiger partial charge is 0.123 e. The molecule has 2 atom stereocenters. The number of hydrogen-bond donors (Lipinski definition) is 1. The molecule has 0 saturated carbocycles. The predicted molar refractivity (Wildman–Crippen MR) is 70.2 cm³/mol. The Morgan fingerprint density at radius 3 is 2.35 bits per heavy atom. The van der Waals surface area contributed by atoms with Gasteiger partial charge >= 0.3 is 0 Å². The van der Waals surface area contributed by atoms with E-state index >= 15 is 0 Å². The molecule has 0 radical (unpaired) electrons. The van der Waals surface area contributed by atoms with Gasteiger partial charge in [-0.3, -0.25) is 0 Å². The summed E-state index contributed by atoms with van der Waals surface area (Å²) in [4.78, 5) is 2.06. The zero-order valence-corrected chi connectivity index (χ0v) is 10.8. The molecule has 2 N–H and O–H groups in total. The number of nitrogens with zero attached hydrogens (tertiary/aromatic N) is 1. The Labute approximate surface area is 103 Å². The molecule has 17 heavy (non-hydrogen) atoms. The molecule has 2 nitrogen and oxygen atoms in total. The summed E-state index contributed by atoms with van der Waals surface area (Å²) in [5.41, 5.74) is 6.88. The van der Waals surface area contributed by atoms with Gasteiger partial charge in [0.25, 0.3) is 0 Å².